The molecule has 1 spiro atoms. The molecule has 1 aromatic carbocycles. The number of methoxy groups -OCH3 is 1. The lowest BCUT2D eigenvalue weighted by Gasteiger charge is -2.42. The maximum Gasteiger partial charge on any atom is 0.407 e. The van der Waals surface area contributed by atoms with Gasteiger partial charge in [-0.25, -0.2) is 4.79 Å². The number of benzene rings is 1. The molecule has 1 aliphatic carbocycles. The van der Waals surface area contributed by atoms with Crippen LogP contribution < -0.4 is 16.0 Å². The molecular weight excluding hydrogens is 602 g/mol. The Bertz CT molecular complexity index is 1330. The van der Waals surface area contributed by atoms with Gasteiger partial charge >= 0.3 is 6.09 Å². The Hall–Kier alpha value is -3.28. The maximum absolute atomic E-state index is 12.8. The summed E-state index contributed by atoms with van der Waals surface area (Å²) in [6, 6.07) is 6.52. The molecule has 260 valence electrons. The fourth-order valence-corrected chi connectivity index (χ4v) is 6.54. The highest BCUT2D eigenvalue weighted by Gasteiger charge is 2.72. The van der Waals surface area contributed by atoms with Crippen LogP contribution in [0.4, 0.5) is 10.5 Å². The molecule has 1 aromatic rings. The standard InChI is InChI=1S/C36H53N3O8/c1-22(2)9-15-28-35(7,47-28)31-30(44-8)26(17-19-36(31)21-45-36)46-33(43)37-20-18-24-10-12-25(13-11-24)39-32(42)23(3)38-29(41)16-14-27(40)34(4,5)6/h9-13,23,26,28,30-31H,14-21H2,1-8H3,(H,37,43)(H,38,41)(H,39,42)/t23-,26+,28+,30+,31+,35?,36-/m0/s1. The van der Waals surface area contributed by atoms with E-state index in [1.807, 2.05) is 32.9 Å². The van der Waals surface area contributed by atoms with Crippen LogP contribution in [0.3, 0.4) is 0 Å². The molecule has 0 radical (unpaired) electrons. The van der Waals surface area contributed by atoms with Gasteiger partial charge in [0.1, 0.15) is 35.2 Å². The second-order valence-electron chi connectivity index (χ2n) is 14.6. The van der Waals surface area contributed by atoms with E-state index in [1.165, 1.54) is 5.57 Å². The fraction of sp³-hybridized carbons (Fsp3) is 0.667. The van der Waals surface area contributed by atoms with Gasteiger partial charge in [0.05, 0.1) is 18.6 Å². The van der Waals surface area contributed by atoms with E-state index in [2.05, 4.69) is 42.8 Å². The number of hydrogen-bond donors (Lipinski definition) is 3. The number of Topliss-reactive ketones (excluding diaryl/α,β-unsaturated/α-hetero) is 1. The Kier molecular flexibility index (Phi) is 11.6. The molecule has 0 aromatic heterocycles. The Morgan fingerprint density at radius 3 is 2.38 bits per heavy atom. The number of ether oxygens (including phenoxy) is 4. The highest BCUT2D eigenvalue weighted by Crippen LogP contribution is 2.59. The SMILES string of the molecule is CO[C@H]1[C@H](C2(C)O[C@@H]2CC=C(C)C)[C@]2(CC[C@H]1OC(=O)NCCc1ccc(NC(=O)[C@H](C)NC(=O)CCC(=O)C(C)(C)C)cc1)CO2. The topological polar surface area (TPSA) is 148 Å². The van der Waals surface area contributed by atoms with Crippen LogP contribution in [0, 0.1) is 11.3 Å². The second kappa shape index (κ2) is 14.9. The summed E-state index contributed by atoms with van der Waals surface area (Å²) in [5, 5.41) is 8.30. The zero-order valence-corrected chi connectivity index (χ0v) is 29.2. The summed E-state index contributed by atoms with van der Waals surface area (Å²) >= 11 is 0. The van der Waals surface area contributed by atoms with Gasteiger partial charge in [-0.05, 0) is 71.1 Å². The first-order valence-corrected chi connectivity index (χ1v) is 16.7. The van der Waals surface area contributed by atoms with Crippen LogP contribution in [0.5, 0.6) is 0 Å². The van der Waals surface area contributed by atoms with Gasteiger partial charge in [0.2, 0.25) is 11.8 Å². The van der Waals surface area contributed by atoms with Crippen molar-refractivity contribution in [1.29, 1.82) is 0 Å². The molecule has 2 aliphatic heterocycles. The van der Waals surface area contributed by atoms with Gasteiger partial charge in [-0.2, -0.15) is 0 Å². The summed E-state index contributed by atoms with van der Waals surface area (Å²) in [4.78, 5) is 49.7. The monoisotopic (exact) mass is 655 g/mol. The van der Waals surface area contributed by atoms with Crippen molar-refractivity contribution in [3.05, 3.63) is 41.5 Å². The smallest absolute Gasteiger partial charge is 0.407 e. The number of rotatable bonds is 14. The number of carbonyl (C=O) groups is 4. The lowest BCUT2D eigenvalue weighted by Crippen LogP contribution is -2.56. The van der Waals surface area contributed by atoms with E-state index >= 15 is 0 Å². The molecule has 3 aliphatic rings. The number of anilines is 1. The molecule has 3 N–H and O–H groups in total. The lowest BCUT2D eigenvalue weighted by molar-refractivity contribution is -0.130. The van der Waals surface area contributed by atoms with Crippen molar-refractivity contribution in [1.82, 2.24) is 10.6 Å². The van der Waals surface area contributed by atoms with Crippen molar-refractivity contribution in [2.45, 2.75) is 123 Å². The number of ketones is 1. The van der Waals surface area contributed by atoms with E-state index in [4.69, 9.17) is 18.9 Å². The summed E-state index contributed by atoms with van der Waals surface area (Å²) in [6.07, 6.45) is 4.05. The van der Waals surface area contributed by atoms with Crippen LogP contribution >= 0.6 is 0 Å². The number of carbonyl (C=O) groups excluding carboxylic acids is 4. The summed E-state index contributed by atoms with van der Waals surface area (Å²) in [5.41, 5.74) is 1.63. The Morgan fingerprint density at radius 2 is 1.79 bits per heavy atom. The summed E-state index contributed by atoms with van der Waals surface area (Å²) in [7, 11) is 1.66. The molecule has 2 saturated heterocycles. The number of nitrogens with one attached hydrogen (secondary N) is 3. The van der Waals surface area contributed by atoms with Crippen LogP contribution in [-0.4, -0.2) is 79.5 Å². The molecule has 4 rings (SSSR count). The summed E-state index contributed by atoms with van der Waals surface area (Å²) in [5.74, 6) is -0.742. The third kappa shape index (κ3) is 9.42. The molecule has 47 heavy (non-hydrogen) atoms. The van der Waals surface area contributed by atoms with Gasteiger partial charge in [-0.3, -0.25) is 14.4 Å². The van der Waals surface area contributed by atoms with Crippen LogP contribution in [-0.2, 0) is 39.8 Å². The average molecular weight is 656 g/mol. The van der Waals surface area contributed by atoms with Crippen LogP contribution in [0.15, 0.2) is 35.9 Å². The predicted octanol–water partition coefficient (Wildman–Crippen LogP) is 4.87. The number of epoxide rings is 2. The predicted molar refractivity (Wildman–Crippen MR) is 178 cm³/mol. The maximum atomic E-state index is 12.8. The van der Waals surface area contributed by atoms with Gasteiger partial charge in [0.25, 0.3) is 0 Å². The molecule has 0 bridgehead atoms. The van der Waals surface area contributed by atoms with Crippen LogP contribution in [0.2, 0.25) is 0 Å². The zero-order chi connectivity index (χ0) is 34.6. The third-order valence-corrected chi connectivity index (χ3v) is 9.59. The molecular formula is C36H53N3O8. The largest absolute Gasteiger partial charge is 0.443 e. The minimum Gasteiger partial charge on any atom is -0.443 e. The van der Waals surface area contributed by atoms with E-state index in [-0.39, 0.29) is 54.2 Å². The van der Waals surface area contributed by atoms with Gasteiger partial charge in [-0.15, -0.1) is 0 Å². The first kappa shape index (κ1) is 36.6. The zero-order valence-electron chi connectivity index (χ0n) is 29.2. The molecule has 7 atom stereocenters. The molecule has 3 amide bonds. The first-order chi connectivity index (χ1) is 22.1. The Balaban J connectivity index is 1.20. The Labute approximate surface area is 278 Å². The molecule has 3 fully saturated rings. The van der Waals surface area contributed by atoms with Crippen LogP contribution in [0.25, 0.3) is 0 Å². The summed E-state index contributed by atoms with van der Waals surface area (Å²) in [6.45, 7) is 14.4. The third-order valence-electron chi connectivity index (χ3n) is 9.59. The molecule has 1 unspecified atom stereocenters. The minimum atomic E-state index is -0.759. The van der Waals surface area contributed by atoms with Crippen molar-refractivity contribution in [3.63, 3.8) is 0 Å². The Morgan fingerprint density at radius 1 is 1.11 bits per heavy atom. The number of amides is 3. The van der Waals surface area contributed by atoms with E-state index in [9.17, 15) is 19.2 Å². The van der Waals surface area contributed by atoms with Gasteiger partial charge in [0.15, 0.2) is 0 Å². The summed E-state index contributed by atoms with van der Waals surface area (Å²) < 4.78 is 24.1. The van der Waals surface area contributed by atoms with Crippen molar-refractivity contribution in [2.75, 3.05) is 25.6 Å². The minimum absolute atomic E-state index is 0.00110. The van der Waals surface area contributed by atoms with E-state index in [0.29, 0.717) is 31.7 Å². The number of allylic oxidation sites excluding steroid dienone is 1. The number of hydrogen-bond acceptors (Lipinski definition) is 8. The van der Waals surface area contributed by atoms with Crippen molar-refractivity contribution in [2.24, 2.45) is 11.3 Å². The van der Waals surface area contributed by atoms with Crippen molar-refractivity contribution < 1.29 is 38.1 Å². The highest BCUT2D eigenvalue weighted by atomic mass is 16.6. The quantitative estimate of drug-likeness (QED) is 0.190. The van der Waals surface area contributed by atoms with E-state index in [0.717, 1.165) is 18.4 Å². The van der Waals surface area contributed by atoms with Crippen molar-refractivity contribution in [3.8, 4) is 0 Å². The van der Waals surface area contributed by atoms with Crippen molar-refractivity contribution >= 4 is 29.4 Å². The first-order valence-electron chi connectivity index (χ1n) is 16.7. The van der Waals surface area contributed by atoms with Gasteiger partial charge in [0, 0.05) is 37.6 Å². The normalized spacial score (nSPS) is 28.5. The van der Waals surface area contributed by atoms with E-state index < -0.39 is 29.3 Å². The van der Waals surface area contributed by atoms with Crippen LogP contribution in [0.1, 0.15) is 86.1 Å². The van der Waals surface area contributed by atoms with E-state index in [1.54, 1.807) is 26.2 Å². The molecule has 11 nitrogen and oxygen atoms in total. The highest BCUT2D eigenvalue weighted by molar-refractivity contribution is 5.97. The fourth-order valence-electron chi connectivity index (χ4n) is 6.54. The lowest BCUT2D eigenvalue weighted by atomic mass is 9.68. The van der Waals surface area contributed by atoms with Gasteiger partial charge < -0.3 is 34.9 Å². The number of alkyl carbamates (subject to hydrolysis) is 1. The molecule has 1 saturated carbocycles. The average Bonchev–Trinajstić information content (AvgIpc) is 3.92. The second-order valence-corrected chi connectivity index (χ2v) is 14.6. The molecule has 2 heterocycles. The van der Waals surface area contributed by atoms with Gasteiger partial charge in [-0.1, -0.05) is 44.6 Å². The molecule has 11 heteroatoms.